The topological polar surface area (TPSA) is 24.9 Å². The van der Waals surface area contributed by atoms with Crippen molar-refractivity contribution in [1.82, 2.24) is 10.3 Å². The quantitative estimate of drug-likeness (QED) is 0.904. The van der Waals surface area contributed by atoms with Crippen LogP contribution in [-0.4, -0.2) is 11.0 Å². The fourth-order valence-electron chi connectivity index (χ4n) is 2.13. The number of pyridine rings is 1. The van der Waals surface area contributed by atoms with Crippen molar-refractivity contribution < 1.29 is 0 Å². The summed E-state index contributed by atoms with van der Waals surface area (Å²) in [4.78, 5) is 4.62. The second kappa shape index (κ2) is 5.25. The molecule has 1 aromatic heterocycles. The lowest BCUT2D eigenvalue weighted by Crippen LogP contribution is -2.22. The Morgan fingerprint density at radius 2 is 1.94 bits per heavy atom. The Hall–Kier alpha value is -1.12. The van der Waals surface area contributed by atoms with Crippen molar-refractivity contribution in [2.45, 2.75) is 40.3 Å². The molecule has 2 rings (SSSR count). The van der Waals surface area contributed by atoms with Gasteiger partial charge in [0.15, 0.2) is 0 Å². The lowest BCUT2D eigenvalue weighted by atomic mass is 10.0. The molecular weight excluding hydrogens is 244 g/mol. The highest BCUT2D eigenvalue weighted by molar-refractivity contribution is 6.31. The fraction of sp³-hybridized carbons (Fsp3) is 0.400. The molecule has 1 aromatic carbocycles. The lowest BCUT2D eigenvalue weighted by molar-refractivity contribution is 0.590. The molecule has 0 saturated carbocycles. The summed E-state index contributed by atoms with van der Waals surface area (Å²) in [5, 5.41) is 5.38. The third-order valence-electron chi connectivity index (χ3n) is 2.98. The van der Waals surface area contributed by atoms with Crippen LogP contribution >= 0.6 is 11.6 Å². The van der Waals surface area contributed by atoms with Crippen LogP contribution < -0.4 is 5.32 Å². The summed E-state index contributed by atoms with van der Waals surface area (Å²) < 4.78 is 0. The van der Waals surface area contributed by atoms with E-state index in [1.807, 2.05) is 19.1 Å². The van der Waals surface area contributed by atoms with Crippen molar-refractivity contribution in [3.63, 3.8) is 0 Å². The number of halogens is 1. The van der Waals surface area contributed by atoms with Gasteiger partial charge in [0.1, 0.15) is 0 Å². The van der Waals surface area contributed by atoms with Crippen LogP contribution in [-0.2, 0) is 6.54 Å². The van der Waals surface area contributed by atoms with Crippen LogP contribution in [0, 0.1) is 13.8 Å². The van der Waals surface area contributed by atoms with Crippen LogP contribution in [0.25, 0.3) is 10.9 Å². The van der Waals surface area contributed by atoms with Crippen molar-refractivity contribution in [2.75, 3.05) is 0 Å². The van der Waals surface area contributed by atoms with E-state index in [0.29, 0.717) is 6.04 Å². The van der Waals surface area contributed by atoms with Crippen LogP contribution in [0.4, 0.5) is 0 Å². The molecule has 0 aliphatic heterocycles. The standard InChI is InChI=1S/C15H19ClN2/c1-9(2)17-8-12-6-11(4)18-15-10(3)5-13(16)7-14(12)15/h5-7,9,17H,8H2,1-4H3. The predicted octanol–water partition coefficient (Wildman–Crippen LogP) is 4.00. The molecule has 0 amide bonds. The zero-order valence-corrected chi connectivity index (χ0v) is 12.1. The van der Waals surface area contributed by atoms with Gasteiger partial charge in [-0.1, -0.05) is 25.4 Å². The summed E-state index contributed by atoms with van der Waals surface area (Å²) in [5.41, 5.74) is 4.50. The minimum absolute atomic E-state index is 0.466. The van der Waals surface area contributed by atoms with Crippen molar-refractivity contribution in [2.24, 2.45) is 0 Å². The number of nitrogens with zero attached hydrogens (tertiary/aromatic N) is 1. The summed E-state index contributed by atoms with van der Waals surface area (Å²) in [5.74, 6) is 0. The number of fused-ring (bicyclic) bond motifs is 1. The Morgan fingerprint density at radius 1 is 1.22 bits per heavy atom. The summed E-state index contributed by atoms with van der Waals surface area (Å²) in [6.45, 7) is 9.23. The van der Waals surface area contributed by atoms with Crippen LogP contribution in [0.15, 0.2) is 18.2 Å². The zero-order chi connectivity index (χ0) is 13.3. The van der Waals surface area contributed by atoms with E-state index in [-0.39, 0.29) is 0 Å². The van der Waals surface area contributed by atoms with Gasteiger partial charge in [0.25, 0.3) is 0 Å². The predicted molar refractivity (Wildman–Crippen MR) is 78.2 cm³/mol. The highest BCUT2D eigenvalue weighted by Gasteiger charge is 2.08. The molecule has 3 heteroatoms. The molecule has 2 nitrogen and oxygen atoms in total. The van der Waals surface area contributed by atoms with Crippen LogP contribution in [0.1, 0.15) is 30.7 Å². The van der Waals surface area contributed by atoms with E-state index >= 15 is 0 Å². The van der Waals surface area contributed by atoms with Gasteiger partial charge >= 0.3 is 0 Å². The lowest BCUT2D eigenvalue weighted by Gasteiger charge is -2.13. The van der Waals surface area contributed by atoms with E-state index in [0.717, 1.165) is 33.7 Å². The molecule has 0 fully saturated rings. The largest absolute Gasteiger partial charge is 0.310 e. The molecule has 0 unspecified atom stereocenters. The minimum Gasteiger partial charge on any atom is -0.310 e. The highest BCUT2D eigenvalue weighted by atomic mass is 35.5. The first-order valence-electron chi connectivity index (χ1n) is 6.27. The van der Waals surface area contributed by atoms with E-state index in [4.69, 9.17) is 11.6 Å². The summed E-state index contributed by atoms with van der Waals surface area (Å²) in [7, 11) is 0. The maximum absolute atomic E-state index is 6.15. The number of aryl methyl sites for hydroxylation is 2. The molecule has 96 valence electrons. The fourth-order valence-corrected chi connectivity index (χ4v) is 2.40. The van der Waals surface area contributed by atoms with E-state index in [1.165, 1.54) is 5.56 Å². The number of nitrogens with one attached hydrogen (secondary N) is 1. The van der Waals surface area contributed by atoms with Gasteiger partial charge in [-0.2, -0.15) is 0 Å². The van der Waals surface area contributed by atoms with E-state index in [9.17, 15) is 0 Å². The number of hydrogen-bond acceptors (Lipinski definition) is 2. The van der Waals surface area contributed by atoms with Crippen molar-refractivity contribution in [1.29, 1.82) is 0 Å². The SMILES string of the molecule is Cc1cc(CNC(C)C)c2cc(Cl)cc(C)c2n1. The average molecular weight is 263 g/mol. The normalized spacial score (nSPS) is 11.4. The third kappa shape index (κ3) is 2.82. The first-order chi connectivity index (χ1) is 8.47. The Bertz CT molecular complexity index is 576. The monoisotopic (exact) mass is 262 g/mol. The van der Waals surface area contributed by atoms with Crippen molar-refractivity contribution in [3.05, 3.63) is 40.0 Å². The summed E-state index contributed by atoms with van der Waals surface area (Å²) in [6, 6.07) is 6.57. The van der Waals surface area contributed by atoms with Gasteiger partial charge < -0.3 is 5.32 Å². The Morgan fingerprint density at radius 3 is 2.61 bits per heavy atom. The van der Waals surface area contributed by atoms with E-state index in [1.54, 1.807) is 0 Å². The molecule has 0 radical (unpaired) electrons. The minimum atomic E-state index is 0.466. The van der Waals surface area contributed by atoms with Crippen molar-refractivity contribution in [3.8, 4) is 0 Å². The zero-order valence-electron chi connectivity index (χ0n) is 11.3. The Balaban J connectivity index is 2.57. The Kier molecular flexibility index (Phi) is 3.88. The second-order valence-corrected chi connectivity index (χ2v) is 5.51. The van der Waals surface area contributed by atoms with E-state index < -0.39 is 0 Å². The van der Waals surface area contributed by atoms with Crippen molar-refractivity contribution >= 4 is 22.5 Å². The Labute approximate surface area is 113 Å². The van der Waals surface area contributed by atoms with E-state index in [2.05, 4.69) is 37.1 Å². The molecule has 0 atom stereocenters. The number of rotatable bonds is 3. The molecule has 18 heavy (non-hydrogen) atoms. The maximum Gasteiger partial charge on any atom is 0.0738 e. The van der Waals surface area contributed by atoms with Gasteiger partial charge in [0.2, 0.25) is 0 Å². The molecule has 0 aliphatic carbocycles. The van der Waals surface area contributed by atoms with Gasteiger partial charge in [0, 0.05) is 28.7 Å². The number of hydrogen-bond donors (Lipinski definition) is 1. The maximum atomic E-state index is 6.15. The third-order valence-corrected chi connectivity index (χ3v) is 3.20. The van der Waals surface area contributed by atoms with Gasteiger partial charge in [0.05, 0.1) is 5.52 Å². The van der Waals surface area contributed by atoms with Gasteiger partial charge in [-0.05, 0) is 43.2 Å². The first kappa shape index (κ1) is 13.3. The average Bonchev–Trinajstić information content (AvgIpc) is 2.27. The summed E-state index contributed by atoms with van der Waals surface area (Å²) in [6.07, 6.45) is 0. The second-order valence-electron chi connectivity index (χ2n) is 5.08. The molecule has 0 aliphatic rings. The van der Waals surface area contributed by atoms with Gasteiger partial charge in [-0.15, -0.1) is 0 Å². The van der Waals surface area contributed by atoms with Crippen LogP contribution in [0.5, 0.6) is 0 Å². The molecule has 2 aromatic rings. The smallest absolute Gasteiger partial charge is 0.0738 e. The molecule has 0 spiro atoms. The highest BCUT2D eigenvalue weighted by Crippen LogP contribution is 2.25. The van der Waals surface area contributed by atoms with Crippen LogP contribution in [0.3, 0.4) is 0 Å². The molecular formula is C15H19ClN2. The molecule has 1 heterocycles. The summed E-state index contributed by atoms with van der Waals surface area (Å²) >= 11 is 6.15. The molecule has 1 N–H and O–H groups in total. The number of benzene rings is 1. The molecule has 0 saturated heterocycles. The first-order valence-corrected chi connectivity index (χ1v) is 6.65. The van der Waals surface area contributed by atoms with Crippen LogP contribution in [0.2, 0.25) is 5.02 Å². The van der Waals surface area contributed by atoms with Gasteiger partial charge in [-0.3, -0.25) is 4.98 Å². The van der Waals surface area contributed by atoms with Gasteiger partial charge in [-0.25, -0.2) is 0 Å². The molecule has 0 bridgehead atoms. The number of aromatic nitrogens is 1.